The van der Waals surface area contributed by atoms with Crippen molar-refractivity contribution < 1.29 is 20.6 Å². The van der Waals surface area contributed by atoms with Crippen LogP contribution in [0.25, 0.3) is 0 Å². The van der Waals surface area contributed by atoms with Gasteiger partial charge < -0.3 is 15.2 Å². The van der Waals surface area contributed by atoms with E-state index in [1.807, 2.05) is 0 Å². The van der Waals surface area contributed by atoms with Gasteiger partial charge in [-0.15, -0.1) is 0 Å². The SMILES string of the molecule is [NH2+]=CC(I)C[NH2+]C1CCC(N2CCOC2O)CC1. The van der Waals surface area contributed by atoms with Crippen LogP contribution >= 0.6 is 22.6 Å². The molecule has 2 atom stereocenters. The Labute approximate surface area is 122 Å². The fourth-order valence-electron chi connectivity index (χ4n) is 2.90. The van der Waals surface area contributed by atoms with Gasteiger partial charge in [-0.05, 0) is 12.8 Å². The van der Waals surface area contributed by atoms with Crippen LogP contribution in [0.2, 0.25) is 0 Å². The van der Waals surface area contributed by atoms with Crippen molar-refractivity contribution in [2.24, 2.45) is 0 Å². The summed E-state index contributed by atoms with van der Waals surface area (Å²) in [6, 6.07) is 1.22. The van der Waals surface area contributed by atoms with Crippen LogP contribution in [0.3, 0.4) is 0 Å². The fourth-order valence-corrected chi connectivity index (χ4v) is 3.20. The van der Waals surface area contributed by atoms with Gasteiger partial charge in [-0.2, -0.15) is 0 Å². The van der Waals surface area contributed by atoms with Crippen LogP contribution in [-0.4, -0.2) is 58.3 Å². The lowest BCUT2D eigenvalue weighted by molar-refractivity contribution is -0.689. The molecule has 2 unspecified atom stereocenters. The van der Waals surface area contributed by atoms with Crippen molar-refractivity contribution in [2.75, 3.05) is 19.7 Å². The predicted molar refractivity (Wildman–Crippen MR) is 77.3 cm³/mol. The number of rotatable bonds is 5. The molecule has 2 fully saturated rings. The molecular formula is C12H24IN3O2+2. The molecule has 6 heteroatoms. The van der Waals surface area contributed by atoms with E-state index in [1.165, 1.54) is 25.7 Å². The highest BCUT2D eigenvalue weighted by Crippen LogP contribution is 2.25. The first-order valence-electron chi connectivity index (χ1n) is 6.78. The Kier molecular flexibility index (Phi) is 5.81. The lowest BCUT2D eigenvalue weighted by Gasteiger charge is -2.34. The minimum atomic E-state index is -0.666. The molecule has 0 radical (unpaired) electrons. The standard InChI is InChI=1S/C12H22IN3O2/c13-9(7-14)8-15-10-1-3-11(4-2-10)16-5-6-18-12(16)17/h7,9-12,14-15,17H,1-6,8H2/p+2. The van der Waals surface area contributed by atoms with Gasteiger partial charge in [0.2, 0.25) is 6.41 Å². The van der Waals surface area contributed by atoms with Crippen molar-refractivity contribution >= 4 is 28.8 Å². The molecule has 2 aliphatic rings. The number of aliphatic hydroxyl groups excluding tert-OH is 1. The van der Waals surface area contributed by atoms with E-state index < -0.39 is 6.41 Å². The molecule has 2 rings (SSSR count). The summed E-state index contributed by atoms with van der Waals surface area (Å²) >= 11 is 2.37. The number of hydrogen-bond acceptors (Lipinski definition) is 3. The molecule has 0 aromatic heterocycles. The summed E-state index contributed by atoms with van der Waals surface area (Å²) in [6.07, 6.45) is 5.88. The van der Waals surface area contributed by atoms with Crippen LogP contribution in [0, 0.1) is 0 Å². The fraction of sp³-hybridized carbons (Fsp3) is 0.917. The van der Waals surface area contributed by atoms with E-state index in [2.05, 4.69) is 32.8 Å². The van der Waals surface area contributed by atoms with E-state index in [9.17, 15) is 5.11 Å². The Morgan fingerprint density at radius 3 is 2.72 bits per heavy atom. The maximum Gasteiger partial charge on any atom is 0.216 e. The van der Waals surface area contributed by atoms with Crippen LogP contribution in [0.1, 0.15) is 25.7 Å². The van der Waals surface area contributed by atoms with Crippen LogP contribution < -0.4 is 10.7 Å². The third kappa shape index (κ3) is 3.86. The molecule has 0 amide bonds. The first-order chi connectivity index (χ1) is 8.70. The largest absolute Gasteiger partial charge is 0.356 e. The zero-order chi connectivity index (χ0) is 13.0. The van der Waals surface area contributed by atoms with Crippen LogP contribution in [0.5, 0.6) is 0 Å². The Morgan fingerprint density at radius 2 is 2.17 bits per heavy atom. The number of quaternary nitrogens is 1. The summed E-state index contributed by atoms with van der Waals surface area (Å²) < 4.78 is 5.65. The Bertz CT molecular complexity index is 272. The molecule has 104 valence electrons. The van der Waals surface area contributed by atoms with Crippen molar-refractivity contribution in [1.29, 1.82) is 0 Å². The number of halogens is 1. The minimum absolute atomic E-state index is 0.453. The first kappa shape index (κ1) is 14.6. The highest BCUT2D eigenvalue weighted by molar-refractivity contribution is 14.1. The number of nitrogens with zero attached hydrogens (tertiary/aromatic N) is 1. The number of aliphatic hydroxyl groups is 1. The van der Waals surface area contributed by atoms with Gasteiger partial charge in [0.25, 0.3) is 0 Å². The highest BCUT2D eigenvalue weighted by atomic mass is 127. The van der Waals surface area contributed by atoms with Gasteiger partial charge in [0, 0.05) is 25.4 Å². The first-order valence-corrected chi connectivity index (χ1v) is 8.03. The van der Waals surface area contributed by atoms with E-state index in [1.54, 1.807) is 6.21 Å². The molecule has 0 aromatic carbocycles. The Balaban J connectivity index is 1.69. The average molecular weight is 369 g/mol. The number of alkyl halides is 1. The van der Waals surface area contributed by atoms with Gasteiger partial charge in [0.1, 0.15) is 3.92 Å². The Morgan fingerprint density at radius 1 is 1.44 bits per heavy atom. The van der Waals surface area contributed by atoms with E-state index in [0.717, 1.165) is 19.1 Å². The summed E-state index contributed by atoms with van der Waals surface area (Å²) in [6.45, 7) is 2.61. The van der Waals surface area contributed by atoms with Crippen molar-refractivity contribution in [2.45, 2.75) is 48.1 Å². The number of ether oxygens (including phenoxy) is 1. The zero-order valence-corrected chi connectivity index (χ0v) is 12.8. The van der Waals surface area contributed by atoms with E-state index in [4.69, 9.17) is 10.1 Å². The molecular weight excluding hydrogens is 345 g/mol. The molecule has 5 nitrogen and oxygen atoms in total. The molecule has 0 spiro atoms. The van der Waals surface area contributed by atoms with Crippen molar-refractivity contribution in [3.05, 3.63) is 0 Å². The summed E-state index contributed by atoms with van der Waals surface area (Å²) in [5.41, 5.74) is 0. The van der Waals surface area contributed by atoms with Gasteiger partial charge >= 0.3 is 0 Å². The zero-order valence-electron chi connectivity index (χ0n) is 10.7. The normalized spacial score (nSPS) is 35.6. The molecule has 1 saturated heterocycles. The molecule has 1 saturated carbocycles. The molecule has 1 heterocycles. The van der Waals surface area contributed by atoms with Crippen LogP contribution in [0.15, 0.2) is 0 Å². The van der Waals surface area contributed by atoms with Crippen LogP contribution in [0.4, 0.5) is 0 Å². The third-order valence-corrected chi connectivity index (χ3v) is 4.94. The highest BCUT2D eigenvalue weighted by Gasteiger charge is 2.33. The maximum absolute atomic E-state index is 9.69. The van der Waals surface area contributed by atoms with Gasteiger partial charge in [0.05, 0.1) is 19.2 Å². The summed E-state index contributed by atoms with van der Waals surface area (Å²) in [5, 5.41) is 17.6. The molecule has 1 aliphatic heterocycles. The maximum atomic E-state index is 9.69. The van der Waals surface area contributed by atoms with Crippen molar-refractivity contribution in [3.63, 3.8) is 0 Å². The summed E-state index contributed by atoms with van der Waals surface area (Å²) in [7, 11) is 0. The second kappa shape index (κ2) is 7.14. The third-order valence-electron chi connectivity index (χ3n) is 4.01. The predicted octanol–water partition coefficient (Wildman–Crippen LogP) is -1.90. The van der Waals surface area contributed by atoms with Crippen LogP contribution in [-0.2, 0) is 4.74 Å². The minimum Gasteiger partial charge on any atom is -0.356 e. The molecule has 0 aromatic rings. The second-order valence-electron chi connectivity index (χ2n) is 5.18. The number of hydrogen-bond donors (Lipinski definition) is 3. The van der Waals surface area contributed by atoms with Crippen molar-refractivity contribution in [1.82, 2.24) is 4.90 Å². The van der Waals surface area contributed by atoms with E-state index in [-0.39, 0.29) is 0 Å². The smallest absolute Gasteiger partial charge is 0.216 e. The lowest BCUT2D eigenvalue weighted by atomic mass is 9.90. The molecule has 0 bridgehead atoms. The van der Waals surface area contributed by atoms with Gasteiger partial charge in [0.15, 0.2) is 6.21 Å². The van der Waals surface area contributed by atoms with Gasteiger partial charge in [-0.3, -0.25) is 10.3 Å². The topological polar surface area (TPSA) is 74.9 Å². The summed E-state index contributed by atoms with van der Waals surface area (Å²) in [4.78, 5) is 2.10. The van der Waals surface area contributed by atoms with E-state index in [0.29, 0.717) is 16.6 Å². The van der Waals surface area contributed by atoms with Gasteiger partial charge in [-0.25, -0.2) is 0 Å². The molecule has 18 heavy (non-hydrogen) atoms. The average Bonchev–Trinajstić information content (AvgIpc) is 2.83. The van der Waals surface area contributed by atoms with Gasteiger partial charge in [-0.1, -0.05) is 22.6 Å². The lowest BCUT2D eigenvalue weighted by Crippen LogP contribution is -2.92. The molecule has 5 N–H and O–H groups in total. The quantitative estimate of drug-likeness (QED) is 0.301. The second-order valence-corrected chi connectivity index (χ2v) is 6.78. The molecule has 1 aliphatic carbocycles. The number of nitrogens with two attached hydrogens (primary N) is 2. The summed E-state index contributed by atoms with van der Waals surface area (Å²) in [5.74, 6) is 0. The van der Waals surface area contributed by atoms with E-state index >= 15 is 0 Å². The monoisotopic (exact) mass is 369 g/mol. The van der Waals surface area contributed by atoms with Crippen molar-refractivity contribution in [3.8, 4) is 0 Å². The Hall–Kier alpha value is 0.240.